The minimum absolute atomic E-state index is 0.0879. The predicted molar refractivity (Wildman–Crippen MR) is 76.3 cm³/mol. The van der Waals surface area contributed by atoms with E-state index in [0.29, 0.717) is 12.3 Å². The fourth-order valence-electron chi connectivity index (χ4n) is 1.79. The Balaban J connectivity index is 2.86. The molecule has 6 heteroatoms. The quantitative estimate of drug-likeness (QED) is 0.835. The van der Waals surface area contributed by atoms with Crippen LogP contribution in [0.15, 0.2) is 24.3 Å². The van der Waals surface area contributed by atoms with E-state index in [1.54, 1.807) is 25.3 Å². The van der Waals surface area contributed by atoms with Crippen molar-refractivity contribution in [3.8, 4) is 0 Å². The standard InChI is InChI=1S/C14H20N2O4/c1-4-10(9-20-3)15-14(19)16(2)12-8-6-5-7-11(12)13(17)18/h5-8,10H,4,9H2,1-3H3,(H,15,19)(H,17,18). The molecule has 1 aromatic rings. The van der Waals surface area contributed by atoms with Gasteiger partial charge in [-0.05, 0) is 18.6 Å². The fraction of sp³-hybridized carbons (Fsp3) is 0.429. The maximum absolute atomic E-state index is 12.1. The highest BCUT2D eigenvalue weighted by Gasteiger charge is 2.19. The first-order chi connectivity index (χ1) is 9.51. The number of methoxy groups -OCH3 is 1. The molecule has 110 valence electrons. The molecule has 2 N–H and O–H groups in total. The van der Waals surface area contributed by atoms with Gasteiger partial charge in [0.2, 0.25) is 0 Å². The van der Waals surface area contributed by atoms with Crippen molar-refractivity contribution in [2.75, 3.05) is 25.7 Å². The van der Waals surface area contributed by atoms with Crippen LogP contribution in [0.2, 0.25) is 0 Å². The number of carboxylic acid groups (broad SMARTS) is 1. The second-order valence-corrected chi connectivity index (χ2v) is 4.39. The van der Waals surface area contributed by atoms with Crippen molar-refractivity contribution in [3.63, 3.8) is 0 Å². The average Bonchev–Trinajstić information content (AvgIpc) is 2.45. The highest BCUT2D eigenvalue weighted by molar-refractivity contribution is 6.01. The molecule has 0 saturated heterocycles. The number of ether oxygens (including phenoxy) is 1. The van der Waals surface area contributed by atoms with Gasteiger partial charge in [-0.2, -0.15) is 0 Å². The van der Waals surface area contributed by atoms with Gasteiger partial charge in [0.15, 0.2) is 0 Å². The van der Waals surface area contributed by atoms with Crippen LogP contribution in [0.3, 0.4) is 0 Å². The number of rotatable bonds is 6. The number of hydrogen-bond donors (Lipinski definition) is 2. The molecule has 0 fully saturated rings. The number of hydrogen-bond acceptors (Lipinski definition) is 3. The fourth-order valence-corrected chi connectivity index (χ4v) is 1.79. The number of para-hydroxylation sites is 1. The van der Waals surface area contributed by atoms with Crippen molar-refractivity contribution in [3.05, 3.63) is 29.8 Å². The van der Waals surface area contributed by atoms with E-state index < -0.39 is 5.97 Å². The first-order valence-corrected chi connectivity index (χ1v) is 6.36. The Morgan fingerprint density at radius 1 is 1.40 bits per heavy atom. The summed E-state index contributed by atoms with van der Waals surface area (Å²) in [5.41, 5.74) is 0.440. The Kier molecular flexibility index (Phi) is 5.99. The van der Waals surface area contributed by atoms with E-state index in [0.717, 1.165) is 6.42 Å². The van der Waals surface area contributed by atoms with Crippen molar-refractivity contribution >= 4 is 17.7 Å². The van der Waals surface area contributed by atoms with E-state index in [1.165, 1.54) is 18.0 Å². The van der Waals surface area contributed by atoms with Gasteiger partial charge in [-0.3, -0.25) is 4.90 Å². The minimum atomic E-state index is -1.07. The number of carbonyl (C=O) groups excluding carboxylic acids is 1. The third-order valence-electron chi connectivity index (χ3n) is 2.99. The average molecular weight is 280 g/mol. The lowest BCUT2D eigenvalue weighted by Crippen LogP contribution is -2.45. The first-order valence-electron chi connectivity index (χ1n) is 6.36. The molecule has 0 spiro atoms. The molecule has 0 aliphatic carbocycles. The SMILES string of the molecule is CCC(COC)NC(=O)N(C)c1ccccc1C(=O)O. The van der Waals surface area contributed by atoms with E-state index in [2.05, 4.69) is 5.32 Å². The predicted octanol–water partition coefficient (Wildman–Crippen LogP) is 1.96. The van der Waals surface area contributed by atoms with Crippen LogP contribution in [-0.2, 0) is 4.74 Å². The van der Waals surface area contributed by atoms with Crippen LogP contribution in [0.4, 0.5) is 10.5 Å². The van der Waals surface area contributed by atoms with E-state index in [9.17, 15) is 9.59 Å². The molecule has 1 aromatic carbocycles. The van der Waals surface area contributed by atoms with Gasteiger partial charge in [-0.1, -0.05) is 19.1 Å². The molecule has 1 rings (SSSR count). The van der Waals surface area contributed by atoms with Gasteiger partial charge >= 0.3 is 12.0 Å². The minimum Gasteiger partial charge on any atom is -0.478 e. The van der Waals surface area contributed by atoms with Crippen LogP contribution in [-0.4, -0.2) is 43.9 Å². The molecule has 0 heterocycles. The molecule has 0 radical (unpaired) electrons. The lowest BCUT2D eigenvalue weighted by atomic mass is 10.1. The lowest BCUT2D eigenvalue weighted by molar-refractivity contribution is 0.0697. The zero-order valence-corrected chi connectivity index (χ0v) is 11.9. The molecule has 1 unspecified atom stereocenters. The van der Waals surface area contributed by atoms with Crippen LogP contribution in [0, 0.1) is 0 Å². The van der Waals surface area contributed by atoms with Gasteiger partial charge in [0.25, 0.3) is 0 Å². The molecule has 0 saturated carbocycles. The van der Waals surface area contributed by atoms with Gasteiger partial charge in [-0.15, -0.1) is 0 Å². The first kappa shape index (κ1) is 16.0. The van der Waals surface area contributed by atoms with Crippen LogP contribution >= 0.6 is 0 Å². The molecule has 20 heavy (non-hydrogen) atoms. The summed E-state index contributed by atoms with van der Waals surface area (Å²) < 4.78 is 5.02. The van der Waals surface area contributed by atoms with Gasteiger partial charge < -0.3 is 15.2 Å². The Morgan fingerprint density at radius 2 is 2.05 bits per heavy atom. The van der Waals surface area contributed by atoms with E-state index >= 15 is 0 Å². The van der Waals surface area contributed by atoms with Crippen LogP contribution in [0.5, 0.6) is 0 Å². The maximum atomic E-state index is 12.1. The molecular weight excluding hydrogens is 260 g/mol. The summed E-state index contributed by atoms with van der Waals surface area (Å²) in [5.74, 6) is -1.07. The molecule has 0 aliphatic heterocycles. The van der Waals surface area contributed by atoms with Crippen molar-refractivity contribution in [2.45, 2.75) is 19.4 Å². The van der Waals surface area contributed by atoms with Gasteiger partial charge in [0, 0.05) is 14.2 Å². The normalized spacial score (nSPS) is 11.8. The van der Waals surface area contributed by atoms with E-state index in [4.69, 9.17) is 9.84 Å². The number of carboxylic acids is 1. The molecular formula is C14H20N2O4. The zero-order chi connectivity index (χ0) is 15.1. The molecule has 0 bridgehead atoms. The van der Waals surface area contributed by atoms with E-state index in [-0.39, 0.29) is 17.6 Å². The summed E-state index contributed by atoms with van der Waals surface area (Å²) in [6, 6.07) is 5.92. The highest BCUT2D eigenvalue weighted by Crippen LogP contribution is 2.19. The van der Waals surface area contributed by atoms with Crippen molar-refractivity contribution in [2.24, 2.45) is 0 Å². The number of amides is 2. The highest BCUT2D eigenvalue weighted by atomic mass is 16.5. The van der Waals surface area contributed by atoms with Crippen molar-refractivity contribution in [1.29, 1.82) is 0 Å². The third-order valence-corrected chi connectivity index (χ3v) is 2.99. The Labute approximate surface area is 118 Å². The Hall–Kier alpha value is -2.08. The second kappa shape index (κ2) is 7.49. The van der Waals surface area contributed by atoms with Gasteiger partial charge in [-0.25, -0.2) is 9.59 Å². The van der Waals surface area contributed by atoms with Crippen LogP contribution in [0.25, 0.3) is 0 Å². The summed E-state index contributed by atoms with van der Waals surface area (Å²) in [6.45, 7) is 2.35. The third kappa shape index (κ3) is 3.96. The van der Waals surface area contributed by atoms with Crippen molar-refractivity contribution < 1.29 is 19.4 Å². The number of aromatic carboxylic acids is 1. The summed E-state index contributed by atoms with van der Waals surface area (Å²) in [4.78, 5) is 24.6. The van der Waals surface area contributed by atoms with Crippen molar-refractivity contribution in [1.82, 2.24) is 5.32 Å². The van der Waals surface area contributed by atoms with Gasteiger partial charge in [0.05, 0.1) is 23.9 Å². The largest absolute Gasteiger partial charge is 0.478 e. The summed E-state index contributed by atoms with van der Waals surface area (Å²) >= 11 is 0. The molecule has 6 nitrogen and oxygen atoms in total. The Morgan fingerprint density at radius 3 is 2.60 bits per heavy atom. The smallest absolute Gasteiger partial charge is 0.337 e. The molecule has 0 aliphatic rings. The number of urea groups is 1. The van der Waals surface area contributed by atoms with Crippen LogP contribution in [0.1, 0.15) is 23.7 Å². The summed E-state index contributed by atoms with van der Waals surface area (Å²) in [7, 11) is 3.11. The molecule has 2 amide bonds. The van der Waals surface area contributed by atoms with Crippen LogP contribution < -0.4 is 10.2 Å². The monoisotopic (exact) mass is 280 g/mol. The number of anilines is 1. The lowest BCUT2D eigenvalue weighted by Gasteiger charge is -2.23. The molecule has 1 atom stereocenters. The second-order valence-electron chi connectivity index (χ2n) is 4.39. The van der Waals surface area contributed by atoms with E-state index in [1.807, 2.05) is 6.92 Å². The number of benzene rings is 1. The number of carbonyl (C=O) groups is 2. The zero-order valence-electron chi connectivity index (χ0n) is 11.9. The summed E-state index contributed by atoms with van der Waals surface area (Å²) in [5, 5.41) is 11.9. The number of nitrogens with one attached hydrogen (secondary N) is 1. The number of nitrogens with zero attached hydrogens (tertiary/aromatic N) is 1. The summed E-state index contributed by atoms with van der Waals surface area (Å²) in [6.07, 6.45) is 0.730. The maximum Gasteiger partial charge on any atom is 0.337 e. The van der Waals surface area contributed by atoms with Gasteiger partial charge in [0.1, 0.15) is 0 Å². The molecule has 0 aromatic heterocycles. The topological polar surface area (TPSA) is 78.9 Å². The Bertz CT molecular complexity index is 476.